The van der Waals surface area contributed by atoms with Crippen LogP contribution in [0.5, 0.6) is 0 Å². The number of ether oxygens (including phenoxy) is 1. The van der Waals surface area contributed by atoms with Gasteiger partial charge in [-0.1, -0.05) is 54.4 Å². The third-order valence-corrected chi connectivity index (χ3v) is 4.85. The summed E-state index contributed by atoms with van der Waals surface area (Å²) < 4.78 is 5.52. The van der Waals surface area contributed by atoms with Gasteiger partial charge in [0.05, 0.1) is 12.5 Å². The molecule has 3 nitrogen and oxygen atoms in total. The molecule has 0 fully saturated rings. The fourth-order valence-electron chi connectivity index (χ4n) is 2.82. The fraction of sp³-hybridized carbons (Fsp3) is 0.947. The lowest BCUT2D eigenvalue weighted by molar-refractivity contribution is -0.150. The van der Waals surface area contributed by atoms with Crippen LogP contribution in [0.3, 0.4) is 0 Å². The highest BCUT2D eigenvalue weighted by atomic mass is 16.5. The Hall–Kier alpha value is -0.570. The van der Waals surface area contributed by atoms with Crippen molar-refractivity contribution in [2.24, 2.45) is 29.6 Å². The molecule has 0 aliphatic rings. The van der Waals surface area contributed by atoms with E-state index in [-0.39, 0.29) is 18.5 Å². The molecule has 0 bridgehead atoms. The lowest BCUT2D eigenvalue weighted by Crippen LogP contribution is -2.21. The zero-order valence-corrected chi connectivity index (χ0v) is 15.6. The summed E-state index contributed by atoms with van der Waals surface area (Å²) in [6.45, 7) is 13.7. The molecule has 0 amide bonds. The van der Waals surface area contributed by atoms with Crippen molar-refractivity contribution in [3.8, 4) is 0 Å². The Balaban J connectivity index is 4.08. The zero-order valence-electron chi connectivity index (χ0n) is 15.6. The van der Waals surface area contributed by atoms with E-state index in [1.54, 1.807) is 0 Å². The van der Waals surface area contributed by atoms with E-state index in [2.05, 4.69) is 34.6 Å². The van der Waals surface area contributed by atoms with Crippen molar-refractivity contribution in [3.63, 3.8) is 0 Å². The Kier molecular flexibility index (Phi) is 11.6. The zero-order chi connectivity index (χ0) is 17.1. The van der Waals surface area contributed by atoms with Crippen LogP contribution in [0.1, 0.15) is 73.6 Å². The summed E-state index contributed by atoms with van der Waals surface area (Å²) in [4.78, 5) is 12.0. The number of carbonyl (C=O) groups excluding carboxylic acids is 1. The van der Waals surface area contributed by atoms with Crippen LogP contribution < -0.4 is 0 Å². The highest BCUT2D eigenvalue weighted by molar-refractivity contribution is 5.71. The molecule has 0 aliphatic carbocycles. The van der Waals surface area contributed by atoms with Crippen LogP contribution in [0.15, 0.2) is 0 Å². The number of hydrogen-bond acceptors (Lipinski definition) is 3. The predicted molar refractivity (Wildman–Crippen MR) is 92.6 cm³/mol. The van der Waals surface area contributed by atoms with Crippen molar-refractivity contribution >= 4 is 5.97 Å². The largest absolute Gasteiger partial charge is 0.465 e. The summed E-state index contributed by atoms with van der Waals surface area (Å²) in [6, 6.07) is 0. The molecular formula is C19H38O3. The first-order valence-corrected chi connectivity index (χ1v) is 9.09. The van der Waals surface area contributed by atoms with E-state index in [4.69, 9.17) is 9.84 Å². The predicted octanol–water partition coefficient (Wildman–Crippen LogP) is 4.67. The minimum Gasteiger partial charge on any atom is -0.465 e. The van der Waals surface area contributed by atoms with Crippen molar-refractivity contribution in [1.82, 2.24) is 0 Å². The molecule has 0 rings (SSSR count). The van der Waals surface area contributed by atoms with Gasteiger partial charge in [0.25, 0.3) is 0 Å². The van der Waals surface area contributed by atoms with Crippen LogP contribution in [-0.2, 0) is 9.53 Å². The first-order chi connectivity index (χ1) is 10.3. The van der Waals surface area contributed by atoms with Gasteiger partial charge in [-0.2, -0.15) is 0 Å². The number of rotatable bonds is 12. The topological polar surface area (TPSA) is 46.5 Å². The first kappa shape index (κ1) is 21.4. The van der Waals surface area contributed by atoms with Gasteiger partial charge in [-0.3, -0.25) is 4.79 Å². The van der Waals surface area contributed by atoms with E-state index in [0.717, 1.165) is 32.1 Å². The monoisotopic (exact) mass is 314 g/mol. The summed E-state index contributed by atoms with van der Waals surface area (Å²) in [6.07, 6.45) is 5.05. The maximum Gasteiger partial charge on any atom is 0.308 e. The number of esters is 1. The number of hydrogen-bond donors (Lipinski definition) is 1. The van der Waals surface area contributed by atoms with Crippen LogP contribution in [0.25, 0.3) is 0 Å². The summed E-state index contributed by atoms with van der Waals surface area (Å²) >= 11 is 0. The van der Waals surface area contributed by atoms with E-state index < -0.39 is 0 Å². The average Bonchev–Trinajstić information content (AvgIpc) is 2.46. The fourth-order valence-corrected chi connectivity index (χ4v) is 2.82. The van der Waals surface area contributed by atoms with Gasteiger partial charge in [0, 0.05) is 6.61 Å². The van der Waals surface area contributed by atoms with Crippen LogP contribution in [0, 0.1) is 29.6 Å². The van der Waals surface area contributed by atoms with E-state index in [1.807, 2.05) is 6.92 Å². The molecule has 1 N–H and O–H groups in total. The molecule has 0 radical (unpaired) electrons. The van der Waals surface area contributed by atoms with Gasteiger partial charge in [-0.25, -0.2) is 0 Å². The standard InChI is InChI=1S/C19H38O3/c1-7-18(9-8-15(4)16(5)10-11-20)13-22-19(21)17(6)12-14(2)3/h14-18,20H,7-13H2,1-6H3. The molecule has 0 heterocycles. The van der Waals surface area contributed by atoms with Crippen molar-refractivity contribution in [2.45, 2.75) is 73.6 Å². The molecule has 0 aromatic carbocycles. The average molecular weight is 315 g/mol. The molecule has 0 aromatic rings. The van der Waals surface area contributed by atoms with Crippen LogP contribution >= 0.6 is 0 Å². The van der Waals surface area contributed by atoms with E-state index >= 15 is 0 Å². The molecule has 4 unspecified atom stereocenters. The van der Waals surface area contributed by atoms with Gasteiger partial charge < -0.3 is 9.84 Å². The van der Waals surface area contributed by atoms with Gasteiger partial charge in [0.15, 0.2) is 0 Å². The second-order valence-corrected chi connectivity index (χ2v) is 7.48. The second-order valence-electron chi connectivity index (χ2n) is 7.48. The Labute approximate surface area is 137 Å². The molecule has 0 aliphatic heterocycles. The molecule has 0 saturated carbocycles. The summed E-state index contributed by atoms with van der Waals surface area (Å²) in [5, 5.41) is 9.01. The molecule has 4 atom stereocenters. The Bertz CT molecular complexity index is 288. The van der Waals surface area contributed by atoms with Crippen molar-refractivity contribution in [2.75, 3.05) is 13.2 Å². The maximum atomic E-state index is 12.0. The summed E-state index contributed by atoms with van der Waals surface area (Å²) in [5.41, 5.74) is 0. The third-order valence-electron chi connectivity index (χ3n) is 4.85. The van der Waals surface area contributed by atoms with Crippen molar-refractivity contribution < 1.29 is 14.6 Å². The Morgan fingerprint density at radius 2 is 1.59 bits per heavy atom. The highest BCUT2D eigenvalue weighted by Gasteiger charge is 2.19. The normalized spacial score (nSPS) is 17.1. The minimum absolute atomic E-state index is 0.000932. The number of carbonyl (C=O) groups is 1. The first-order valence-electron chi connectivity index (χ1n) is 9.09. The lowest BCUT2D eigenvalue weighted by Gasteiger charge is -2.22. The second kappa shape index (κ2) is 11.9. The molecule has 22 heavy (non-hydrogen) atoms. The molecular weight excluding hydrogens is 276 g/mol. The number of aliphatic hydroxyl groups is 1. The smallest absolute Gasteiger partial charge is 0.308 e. The van der Waals surface area contributed by atoms with Gasteiger partial charge >= 0.3 is 5.97 Å². The lowest BCUT2D eigenvalue weighted by atomic mass is 9.86. The van der Waals surface area contributed by atoms with Crippen molar-refractivity contribution in [1.29, 1.82) is 0 Å². The third kappa shape index (κ3) is 9.45. The van der Waals surface area contributed by atoms with Crippen LogP contribution in [-0.4, -0.2) is 24.3 Å². The van der Waals surface area contributed by atoms with Gasteiger partial charge in [-0.15, -0.1) is 0 Å². The van der Waals surface area contributed by atoms with Gasteiger partial charge in [0.1, 0.15) is 0 Å². The number of aliphatic hydroxyl groups excluding tert-OH is 1. The highest BCUT2D eigenvalue weighted by Crippen LogP contribution is 2.24. The summed E-state index contributed by atoms with van der Waals surface area (Å²) in [5.74, 6) is 2.10. The van der Waals surface area contributed by atoms with Crippen LogP contribution in [0.4, 0.5) is 0 Å². The van der Waals surface area contributed by atoms with Crippen molar-refractivity contribution in [3.05, 3.63) is 0 Å². The van der Waals surface area contributed by atoms with Gasteiger partial charge in [-0.05, 0) is 42.9 Å². The van der Waals surface area contributed by atoms with E-state index in [1.165, 1.54) is 0 Å². The molecule has 132 valence electrons. The van der Waals surface area contributed by atoms with Gasteiger partial charge in [0.2, 0.25) is 0 Å². The van der Waals surface area contributed by atoms with E-state index in [9.17, 15) is 4.79 Å². The maximum absolute atomic E-state index is 12.0. The quantitative estimate of drug-likeness (QED) is 0.532. The SMILES string of the molecule is CCC(CCC(C)C(C)CCO)COC(=O)C(C)CC(C)C. The van der Waals surface area contributed by atoms with Crippen LogP contribution in [0.2, 0.25) is 0 Å². The Morgan fingerprint density at radius 1 is 1.00 bits per heavy atom. The Morgan fingerprint density at radius 3 is 2.09 bits per heavy atom. The molecule has 0 aromatic heterocycles. The molecule has 3 heteroatoms. The van der Waals surface area contributed by atoms with E-state index in [0.29, 0.717) is 30.3 Å². The minimum atomic E-state index is -0.0474. The molecule has 0 spiro atoms. The molecule has 0 saturated heterocycles. The summed E-state index contributed by atoms with van der Waals surface area (Å²) in [7, 11) is 0.